The second kappa shape index (κ2) is 11.3. The van der Waals surface area contributed by atoms with Crippen LogP contribution >= 0.6 is 0 Å². The summed E-state index contributed by atoms with van der Waals surface area (Å²) in [6.07, 6.45) is 10.4. The quantitative estimate of drug-likeness (QED) is 0.366. The molecule has 0 radical (unpaired) electrons. The lowest BCUT2D eigenvalue weighted by Gasteiger charge is -2.35. The van der Waals surface area contributed by atoms with Crippen molar-refractivity contribution in [3.05, 3.63) is 48.0 Å². The Balaban J connectivity index is 1.69. The minimum absolute atomic E-state index is 0.0627. The van der Waals surface area contributed by atoms with E-state index >= 15 is 0 Å². The summed E-state index contributed by atoms with van der Waals surface area (Å²) in [6.45, 7) is 2.12. The van der Waals surface area contributed by atoms with Crippen molar-refractivity contribution >= 4 is 5.97 Å². The number of rotatable bonds is 10. The van der Waals surface area contributed by atoms with Gasteiger partial charge >= 0.3 is 5.97 Å². The molecule has 4 nitrogen and oxygen atoms in total. The van der Waals surface area contributed by atoms with Gasteiger partial charge < -0.3 is 14.9 Å². The maximum absolute atomic E-state index is 11.7. The van der Waals surface area contributed by atoms with Crippen molar-refractivity contribution in [2.75, 3.05) is 6.61 Å². The van der Waals surface area contributed by atoms with Crippen molar-refractivity contribution in [1.29, 1.82) is 0 Å². The van der Waals surface area contributed by atoms with E-state index in [4.69, 9.17) is 4.74 Å². The fraction of sp³-hybridized carbons (Fsp3) is 0.609. The van der Waals surface area contributed by atoms with E-state index in [2.05, 4.69) is 24.3 Å². The van der Waals surface area contributed by atoms with Gasteiger partial charge in [0, 0.05) is 0 Å². The van der Waals surface area contributed by atoms with Gasteiger partial charge in [0.25, 0.3) is 0 Å². The zero-order chi connectivity index (χ0) is 19.5. The highest BCUT2D eigenvalue weighted by Crippen LogP contribution is 2.35. The lowest BCUT2D eigenvalue weighted by molar-refractivity contribution is -0.150. The highest BCUT2D eigenvalue weighted by Gasteiger charge is 2.35. The van der Waals surface area contributed by atoms with Crippen LogP contribution in [0.1, 0.15) is 63.9 Å². The number of allylic oxidation sites excluding steroid dienone is 1. The van der Waals surface area contributed by atoms with Crippen molar-refractivity contribution < 1.29 is 19.7 Å². The molecule has 0 aromatic heterocycles. The number of aliphatic hydroxyl groups is 2. The molecule has 4 heteroatoms. The van der Waals surface area contributed by atoms with Gasteiger partial charge in [-0.05, 0) is 63.4 Å². The highest BCUT2D eigenvalue weighted by atomic mass is 16.5. The highest BCUT2D eigenvalue weighted by molar-refractivity contribution is 5.70. The maximum atomic E-state index is 11.7. The van der Waals surface area contributed by atoms with Crippen molar-refractivity contribution in [3.8, 4) is 0 Å². The average molecular weight is 375 g/mol. The zero-order valence-corrected chi connectivity index (χ0v) is 16.5. The van der Waals surface area contributed by atoms with Crippen molar-refractivity contribution in [3.63, 3.8) is 0 Å². The molecule has 1 saturated carbocycles. The molecule has 1 aliphatic rings. The lowest BCUT2D eigenvalue weighted by atomic mass is 9.76. The standard InChI is InChI=1S/C23H34O4/c1-2-27-22(25)18-23(26)16-8-12-20(17-23)14-15-21(24)13-7-6-11-19-9-4-3-5-10-19/h3-5,9-10,14-15,20-21,24,26H,2,6-8,11-13,16-18H2,1H3/t20?,21?,23-/m1/s1. The van der Waals surface area contributed by atoms with Gasteiger partial charge in [0.05, 0.1) is 24.7 Å². The Morgan fingerprint density at radius 3 is 2.85 bits per heavy atom. The Morgan fingerprint density at radius 2 is 2.11 bits per heavy atom. The Kier molecular flexibility index (Phi) is 9.02. The molecule has 0 bridgehead atoms. The number of unbranched alkanes of at least 4 members (excludes halogenated alkanes) is 1. The average Bonchev–Trinajstić information content (AvgIpc) is 2.64. The van der Waals surface area contributed by atoms with Gasteiger partial charge in [-0.15, -0.1) is 0 Å². The van der Waals surface area contributed by atoms with Crippen LogP contribution in [0.25, 0.3) is 0 Å². The molecule has 27 heavy (non-hydrogen) atoms. The Labute approximate surface area is 163 Å². The fourth-order valence-electron chi connectivity index (χ4n) is 3.90. The van der Waals surface area contributed by atoms with Gasteiger partial charge in [-0.3, -0.25) is 4.79 Å². The fourth-order valence-corrected chi connectivity index (χ4v) is 3.90. The number of carbonyl (C=O) groups excluding carboxylic acids is 1. The van der Waals surface area contributed by atoms with E-state index in [1.807, 2.05) is 18.2 Å². The van der Waals surface area contributed by atoms with Crippen LogP contribution in [-0.2, 0) is 16.0 Å². The van der Waals surface area contributed by atoms with Crippen LogP contribution in [0.2, 0.25) is 0 Å². The van der Waals surface area contributed by atoms with Crippen molar-refractivity contribution in [2.45, 2.75) is 76.4 Å². The molecule has 0 aliphatic heterocycles. The first kappa shape index (κ1) is 21.6. The van der Waals surface area contributed by atoms with Gasteiger partial charge in [-0.25, -0.2) is 0 Å². The number of carbonyl (C=O) groups is 1. The van der Waals surface area contributed by atoms with Gasteiger partial charge in [-0.2, -0.15) is 0 Å². The summed E-state index contributed by atoms with van der Waals surface area (Å²) in [6, 6.07) is 10.4. The van der Waals surface area contributed by atoms with Crippen LogP contribution in [0.15, 0.2) is 42.5 Å². The number of aryl methyl sites for hydroxylation is 1. The summed E-state index contributed by atoms with van der Waals surface area (Å²) in [5.41, 5.74) is 0.366. The molecular weight excluding hydrogens is 340 g/mol. The number of hydrogen-bond acceptors (Lipinski definition) is 4. The third kappa shape index (κ3) is 8.27. The largest absolute Gasteiger partial charge is 0.466 e. The van der Waals surface area contributed by atoms with E-state index < -0.39 is 11.7 Å². The van der Waals surface area contributed by atoms with Crippen LogP contribution in [0.5, 0.6) is 0 Å². The van der Waals surface area contributed by atoms with Crippen LogP contribution in [0, 0.1) is 5.92 Å². The van der Waals surface area contributed by atoms with E-state index in [1.165, 1.54) is 5.56 Å². The molecule has 2 rings (SSSR count). The molecule has 2 N–H and O–H groups in total. The van der Waals surface area contributed by atoms with E-state index in [0.29, 0.717) is 19.4 Å². The Bertz CT molecular complexity index is 583. The minimum atomic E-state index is -0.972. The predicted molar refractivity (Wildman–Crippen MR) is 107 cm³/mol. The summed E-state index contributed by atoms with van der Waals surface area (Å²) >= 11 is 0. The second-order valence-corrected chi connectivity index (χ2v) is 7.75. The smallest absolute Gasteiger partial charge is 0.308 e. The van der Waals surface area contributed by atoms with Crippen molar-refractivity contribution in [2.24, 2.45) is 5.92 Å². The third-order valence-electron chi connectivity index (χ3n) is 5.30. The summed E-state index contributed by atoms with van der Waals surface area (Å²) in [4.78, 5) is 11.7. The van der Waals surface area contributed by atoms with Crippen LogP contribution in [0.3, 0.4) is 0 Å². The summed E-state index contributed by atoms with van der Waals surface area (Å²) in [7, 11) is 0. The maximum Gasteiger partial charge on any atom is 0.308 e. The van der Waals surface area contributed by atoms with Crippen LogP contribution in [-0.4, -0.2) is 34.5 Å². The molecule has 1 aromatic rings. The van der Waals surface area contributed by atoms with Gasteiger partial charge in [-0.1, -0.05) is 48.9 Å². The first-order chi connectivity index (χ1) is 13.0. The zero-order valence-electron chi connectivity index (χ0n) is 16.5. The molecule has 0 amide bonds. The van der Waals surface area contributed by atoms with E-state index in [1.54, 1.807) is 6.92 Å². The lowest BCUT2D eigenvalue weighted by Crippen LogP contribution is -2.37. The normalized spacial score (nSPS) is 24.0. The Morgan fingerprint density at radius 1 is 1.33 bits per heavy atom. The molecule has 150 valence electrons. The van der Waals surface area contributed by atoms with Gasteiger partial charge in [0.2, 0.25) is 0 Å². The number of hydrogen-bond donors (Lipinski definition) is 2. The molecule has 0 spiro atoms. The molecule has 0 saturated heterocycles. The predicted octanol–water partition coefficient (Wildman–Crippen LogP) is 4.19. The molecule has 2 unspecified atom stereocenters. The van der Waals surface area contributed by atoms with Crippen molar-refractivity contribution in [1.82, 2.24) is 0 Å². The molecule has 1 fully saturated rings. The summed E-state index contributed by atoms with van der Waals surface area (Å²) in [5, 5.41) is 20.9. The molecule has 1 aliphatic carbocycles. The molecule has 3 atom stereocenters. The summed E-state index contributed by atoms with van der Waals surface area (Å²) in [5.74, 6) is -0.125. The van der Waals surface area contributed by atoms with E-state index in [-0.39, 0.29) is 18.3 Å². The Hall–Kier alpha value is -1.65. The van der Waals surface area contributed by atoms with E-state index in [9.17, 15) is 15.0 Å². The number of aliphatic hydroxyl groups excluding tert-OH is 1. The molecule has 1 aromatic carbocycles. The number of esters is 1. The topological polar surface area (TPSA) is 66.8 Å². The van der Waals surface area contributed by atoms with Crippen LogP contribution in [0.4, 0.5) is 0 Å². The number of benzene rings is 1. The minimum Gasteiger partial charge on any atom is -0.466 e. The third-order valence-corrected chi connectivity index (χ3v) is 5.30. The molecule has 0 heterocycles. The SMILES string of the molecule is CCOC(=O)C[C@@]1(O)CCCC(C=CC(O)CCCCc2ccccc2)C1. The summed E-state index contributed by atoms with van der Waals surface area (Å²) < 4.78 is 4.97. The number of ether oxygens (including phenoxy) is 1. The monoisotopic (exact) mass is 374 g/mol. The molecular formula is C23H34O4. The second-order valence-electron chi connectivity index (χ2n) is 7.75. The van der Waals surface area contributed by atoms with Gasteiger partial charge in [0.15, 0.2) is 0 Å². The van der Waals surface area contributed by atoms with E-state index in [0.717, 1.165) is 38.5 Å². The first-order valence-electron chi connectivity index (χ1n) is 10.3. The van der Waals surface area contributed by atoms with Gasteiger partial charge in [0.1, 0.15) is 0 Å². The first-order valence-corrected chi connectivity index (χ1v) is 10.3. The van der Waals surface area contributed by atoms with Crippen LogP contribution < -0.4 is 0 Å².